The van der Waals surface area contributed by atoms with E-state index in [1.54, 1.807) is 0 Å². The van der Waals surface area contributed by atoms with Gasteiger partial charge in [-0.15, -0.1) is 0 Å². The molecule has 4 nitrogen and oxygen atoms in total. The van der Waals surface area contributed by atoms with Gasteiger partial charge in [0.15, 0.2) is 0 Å². The number of carbonyl (C=O) groups is 1. The van der Waals surface area contributed by atoms with Crippen molar-refractivity contribution in [3.05, 3.63) is 34.4 Å². The lowest BCUT2D eigenvalue weighted by molar-refractivity contribution is 0.0999. The molecule has 1 aliphatic carbocycles. The molecule has 3 rings (SSSR count). The summed E-state index contributed by atoms with van der Waals surface area (Å²) in [5.41, 5.74) is 18.3. The molecular formula is C16H21N3O. The number of anilines is 1. The smallest absolute Gasteiger partial charge is 0.249 e. The van der Waals surface area contributed by atoms with Crippen LogP contribution in [0.2, 0.25) is 0 Å². The van der Waals surface area contributed by atoms with Crippen LogP contribution < -0.4 is 16.4 Å². The average Bonchev–Trinajstić information content (AvgIpc) is 2.94. The Balaban J connectivity index is 2.13. The molecule has 0 spiro atoms. The Kier molecular flexibility index (Phi) is 3.05. The zero-order chi connectivity index (χ0) is 14.4. The van der Waals surface area contributed by atoms with Gasteiger partial charge in [-0.05, 0) is 50.0 Å². The molecule has 1 amide bonds. The molecule has 1 aliphatic heterocycles. The van der Waals surface area contributed by atoms with E-state index in [9.17, 15) is 4.79 Å². The van der Waals surface area contributed by atoms with Gasteiger partial charge in [-0.3, -0.25) is 4.79 Å². The monoisotopic (exact) mass is 271 g/mol. The Morgan fingerprint density at radius 2 is 2.10 bits per heavy atom. The minimum absolute atomic E-state index is 0.244. The van der Waals surface area contributed by atoms with E-state index in [4.69, 9.17) is 11.5 Å². The number of rotatable bonds is 2. The quantitative estimate of drug-likeness (QED) is 0.859. The first kappa shape index (κ1) is 13.2. The maximum Gasteiger partial charge on any atom is 0.249 e. The molecule has 2 aliphatic rings. The van der Waals surface area contributed by atoms with Gasteiger partial charge in [-0.25, -0.2) is 0 Å². The second-order valence-electron chi connectivity index (χ2n) is 5.93. The standard InChI is InChI=1S/C16H21N3O/c1-9-7-13-12(16(18)20)3-4-14(15(13)10(9)2)19-6-5-11(17)8-19/h3-4,11H,5-8,17H2,1-2H3,(H2,18,20)/t11-/m1/s1. The fraction of sp³-hybridized carbons (Fsp3) is 0.438. The number of fused-ring (bicyclic) bond motifs is 1. The molecule has 1 heterocycles. The fourth-order valence-corrected chi connectivity index (χ4v) is 3.35. The van der Waals surface area contributed by atoms with Crippen LogP contribution in [-0.4, -0.2) is 25.0 Å². The summed E-state index contributed by atoms with van der Waals surface area (Å²) < 4.78 is 0. The molecule has 0 bridgehead atoms. The van der Waals surface area contributed by atoms with E-state index >= 15 is 0 Å². The first-order chi connectivity index (χ1) is 9.49. The number of allylic oxidation sites excluding steroid dienone is 2. The van der Waals surface area contributed by atoms with Crippen molar-refractivity contribution >= 4 is 17.2 Å². The van der Waals surface area contributed by atoms with E-state index in [2.05, 4.69) is 18.7 Å². The van der Waals surface area contributed by atoms with Gasteiger partial charge in [-0.1, -0.05) is 5.57 Å². The number of nitrogens with two attached hydrogens (primary N) is 2. The summed E-state index contributed by atoms with van der Waals surface area (Å²) in [7, 11) is 0. The molecule has 1 fully saturated rings. The van der Waals surface area contributed by atoms with Crippen molar-refractivity contribution < 1.29 is 4.79 Å². The third-order valence-electron chi connectivity index (χ3n) is 4.58. The summed E-state index contributed by atoms with van der Waals surface area (Å²) in [4.78, 5) is 14.0. The first-order valence-electron chi connectivity index (χ1n) is 7.12. The van der Waals surface area contributed by atoms with Gasteiger partial charge in [0.05, 0.1) is 0 Å². The maximum atomic E-state index is 11.6. The Morgan fingerprint density at radius 3 is 2.70 bits per heavy atom. The number of hydrogen-bond donors (Lipinski definition) is 2. The number of primary amides is 1. The van der Waals surface area contributed by atoms with Gasteiger partial charge < -0.3 is 16.4 Å². The third-order valence-corrected chi connectivity index (χ3v) is 4.58. The minimum atomic E-state index is -0.339. The van der Waals surface area contributed by atoms with Crippen LogP contribution in [0.5, 0.6) is 0 Å². The summed E-state index contributed by atoms with van der Waals surface area (Å²) in [6.07, 6.45) is 1.85. The topological polar surface area (TPSA) is 72.3 Å². The number of carbonyl (C=O) groups excluding carboxylic acids is 1. The summed E-state index contributed by atoms with van der Waals surface area (Å²) in [6, 6.07) is 4.14. The van der Waals surface area contributed by atoms with Crippen LogP contribution in [-0.2, 0) is 6.42 Å². The van der Waals surface area contributed by atoms with E-state index in [1.165, 1.54) is 22.4 Å². The second kappa shape index (κ2) is 4.63. The lowest BCUT2D eigenvalue weighted by atomic mass is 9.97. The van der Waals surface area contributed by atoms with Gasteiger partial charge in [0.1, 0.15) is 0 Å². The fourth-order valence-electron chi connectivity index (χ4n) is 3.35. The van der Waals surface area contributed by atoms with Crippen LogP contribution in [0.4, 0.5) is 5.69 Å². The number of nitrogens with zero attached hydrogens (tertiary/aromatic N) is 1. The van der Waals surface area contributed by atoms with Gasteiger partial charge in [0.2, 0.25) is 5.91 Å². The molecular weight excluding hydrogens is 250 g/mol. The van der Waals surface area contributed by atoms with Gasteiger partial charge >= 0.3 is 0 Å². The lowest BCUT2D eigenvalue weighted by Gasteiger charge is -2.23. The Hall–Kier alpha value is -1.81. The van der Waals surface area contributed by atoms with Gasteiger partial charge in [0, 0.05) is 35.9 Å². The van der Waals surface area contributed by atoms with Crippen molar-refractivity contribution in [3.63, 3.8) is 0 Å². The summed E-state index contributed by atoms with van der Waals surface area (Å²) in [5, 5.41) is 0. The van der Waals surface area contributed by atoms with E-state index in [0.717, 1.165) is 31.5 Å². The highest BCUT2D eigenvalue weighted by Crippen LogP contribution is 2.41. The molecule has 4 heteroatoms. The van der Waals surface area contributed by atoms with Gasteiger partial charge in [-0.2, -0.15) is 0 Å². The number of amides is 1. The zero-order valence-corrected chi connectivity index (χ0v) is 12.1. The second-order valence-corrected chi connectivity index (χ2v) is 5.93. The highest BCUT2D eigenvalue weighted by molar-refractivity contribution is 5.99. The van der Waals surface area contributed by atoms with Crippen molar-refractivity contribution in [1.82, 2.24) is 0 Å². The van der Waals surface area contributed by atoms with Crippen LogP contribution in [0.1, 0.15) is 41.8 Å². The molecule has 1 aromatic carbocycles. The molecule has 0 saturated carbocycles. The van der Waals surface area contributed by atoms with Crippen molar-refractivity contribution in [2.75, 3.05) is 18.0 Å². The third kappa shape index (κ3) is 1.91. The highest BCUT2D eigenvalue weighted by atomic mass is 16.1. The predicted octanol–water partition coefficient (Wildman–Crippen LogP) is 1.67. The number of benzene rings is 1. The van der Waals surface area contributed by atoms with E-state index in [-0.39, 0.29) is 11.9 Å². The Labute approximate surface area is 119 Å². The molecule has 1 aromatic rings. The molecule has 0 aromatic heterocycles. The molecule has 106 valence electrons. The molecule has 0 radical (unpaired) electrons. The molecule has 1 saturated heterocycles. The van der Waals surface area contributed by atoms with E-state index < -0.39 is 0 Å². The van der Waals surface area contributed by atoms with Gasteiger partial charge in [0.25, 0.3) is 0 Å². The lowest BCUT2D eigenvalue weighted by Crippen LogP contribution is -2.27. The van der Waals surface area contributed by atoms with Crippen LogP contribution in [0, 0.1) is 0 Å². The van der Waals surface area contributed by atoms with E-state index in [0.29, 0.717) is 5.56 Å². The van der Waals surface area contributed by atoms with Crippen molar-refractivity contribution in [2.45, 2.75) is 32.7 Å². The summed E-state index contributed by atoms with van der Waals surface area (Å²) >= 11 is 0. The Morgan fingerprint density at radius 1 is 1.35 bits per heavy atom. The van der Waals surface area contributed by atoms with Crippen molar-refractivity contribution in [2.24, 2.45) is 11.5 Å². The number of hydrogen-bond acceptors (Lipinski definition) is 3. The molecule has 1 atom stereocenters. The van der Waals surface area contributed by atoms with Crippen LogP contribution in [0.3, 0.4) is 0 Å². The zero-order valence-electron chi connectivity index (χ0n) is 12.1. The van der Waals surface area contributed by atoms with Crippen LogP contribution >= 0.6 is 0 Å². The van der Waals surface area contributed by atoms with Crippen molar-refractivity contribution in [3.8, 4) is 0 Å². The highest BCUT2D eigenvalue weighted by Gasteiger charge is 2.28. The molecule has 4 N–H and O–H groups in total. The van der Waals surface area contributed by atoms with Crippen LogP contribution in [0.15, 0.2) is 17.7 Å². The average molecular weight is 271 g/mol. The normalized spacial score (nSPS) is 21.6. The molecule has 20 heavy (non-hydrogen) atoms. The minimum Gasteiger partial charge on any atom is -0.369 e. The summed E-state index contributed by atoms with van der Waals surface area (Å²) in [5.74, 6) is -0.339. The Bertz CT molecular complexity index is 618. The maximum absolute atomic E-state index is 11.6. The first-order valence-corrected chi connectivity index (χ1v) is 7.12. The van der Waals surface area contributed by atoms with E-state index in [1.807, 2.05) is 12.1 Å². The molecule has 0 unspecified atom stereocenters. The largest absolute Gasteiger partial charge is 0.369 e. The predicted molar refractivity (Wildman–Crippen MR) is 81.7 cm³/mol. The van der Waals surface area contributed by atoms with Crippen LogP contribution in [0.25, 0.3) is 5.57 Å². The SMILES string of the molecule is CC1=C(C)c2c(N3CC[C@@H](N)C3)ccc(C(N)=O)c2C1. The van der Waals surface area contributed by atoms with Crippen molar-refractivity contribution in [1.29, 1.82) is 0 Å². The summed E-state index contributed by atoms with van der Waals surface area (Å²) in [6.45, 7) is 6.12.